The van der Waals surface area contributed by atoms with Gasteiger partial charge in [-0.15, -0.1) is 5.10 Å². The maximum atomic E-state index is 13.9. The molecule has 0 amide bonds. The SMILES string of the molecule is COc1cc(F)ccc1-c1cnc2sc(N3CC[C@H](N)[C@@H](F)C3)nn12. The lowest BCUT2D eigenvalue weighted by Crippen LogP contribution is -2.48. The minimum atomic E-state index is -1.07. The molecular weight excluding hydrogens is 348 g/mol. The second-order valence-electron chi connectivity index (χ2n) is 5.98. The first-order valence-corrected chi connectivity index (χ1v) is 8.71. The van der Waals surface area contributed by atoms with Crippen molar-refractivity contribution in [2.75, 3.05) is 25.1 Å². The minimum Gasteiger partial charge on any atom is -0.496 e. The van der Waals surface area contributed by atoms with Crippen molar-refractivity contribution < 1.29 is 13.5 Å². The number of ether oxygens (including phenoxy) is 1. The van der Waals surface area contributed by atoms with E-state index in [4.69, 9.17) is 10.5 Å². The molecule has 25 heavy (non-hydrogen) atoms. The average molecular weight is 365 g/mol. The van der Waals surface area contributed by atoms with Crippen LogP contribution in [0.5, 0.6) is 5.75 Å². The summed E-state index contributed by atoms with van der Waals surface area (Å²) in [6.07, 6.45) is 1.19. The number of benzene rings is 1. The Morgan fingerprint density at radius 3 is 3.00 bits per heavy atom. The molecule has 0 unspecified atom stereocenters. The number of anilines is 1. The normalized spacial score (nSPS) is 21.0. The molecule has 4 rings (SSSR count). The zero-order chi connectivity index (χ0) is 17.6. The molecule has 0 radical (unpaired) electrons. The van der Waals surface area contributed by atoms with Crippen molar-refractivity contribution in [2.45, 2.75) is 18.6 Å². The fourth-order valence-electron chi connectivity index (χ4n) is 2.97. The quantitative estimate of drug-likeness (QED) is 0.772. The van der Waals surface area contributed by atoms with E-state index in [1.54, 1.807) is 16.8 Å². The molecule has 3 aromatic rings. The molecular formula is C16H17F2N5OS. The molecule has 6 nitrogen and oxygen atoms in total. The van der Waals surface area contributed by atoms with Gasteiger partial charge in [0.2, 0.25) is 10.1 Å². The van der Waals surface area contributed by atoms with Crippen LogP contribution in [0.15, 0.2) is 24.4 Å². The van der Waals surface area contributed by atoms with Crippen molar-refractivity contribution in [3.63, 3.8) is 0 Å². The summed E-state index contributed by atoms with van der Waals surface area (Å²) in [5, 5.41) is 5.27. The fourth-order valence-corrected chi connectivity index (χ4v) is 3.88. The lowest BCUT2D eigenvalue weighted by molar-refractivity contribution is 0.251. The zero-order valence-electron chi connectivity index (χ0n) is 13.5. The van der Waals surface area contributed by atoms with E-state index in [9.17, 15) is 8.78 Å². The first-order chi connectivity index (χ1) is 12.1. The van der Waals surface area contributed by atoms with Crippen molar-refractivity contribution in [2.24, 2.45) is 5.73 Å². The van der Waals surface area contributed by atoms with Gasteiger partial charge in [0, 0.05) is 24.2 Å². The number of piperidine rings is 1. The molecule has 9 heteroatoms. The first kappa shape index (κ1) is 16.2. The standard InChI is InChI=1S/C16H17F2N5OS/c1-24-14-6-9(17)2-3-10(14)13-7-20-15-23(13)21-16(25-15)22-5-4-12(19)11(18)8-22/h2-3,6-7,11-12H,4-5,8,19H2,1H3/t11-,12-/m0/s1. The van der Waals surface area contributed by atoms with Gasteiger partial charge in [-0.05, 0) is 18.6 Å². The molecule has 0 bridgehead atoms. The Labute approximate surface area is 146 Å². The van der Waals surface area contributed by atoms with Crippen LogP contribution in [0, 0.1) is 5.82 Å². The van der Waals surface area contributed by atoms with Gasteiger partial charge in [0.1, 0.15) is 17.7 Å². The van der Waals surface area contributed by atoms with Gasteiger partial charge in [0.05, 0.1) is 25.5 Å². The van der Waals surface area contributed by atoms with Gasteiger partial charge >= 0.3 is 0 Å². The van der Waals surface area contributed by atoms with Crippen LogP contribution < -0.4 is 15.4 Å². The third-order valence-corrected chi connectivity index (χ3v) is 5.36. The number of nitrogens with two attached hydrogens (primary N) is 1. The number of nitrogens with zero attached hydrogens (tertiary/aromatic N) is 4. The Kier molecular flexibility index (Phi) is 4.04. The lowest BCUT2D eigenvalue weighted by atomic mass is 10.1. The third kappa shape index (κ3) is 2.83. The zero-order valence-corrected chi connectivity index (χ0v) is 14.3. The van der Waals surface area contributed by atoms with Gasteiger partial charge in [-0.1, -0.05) is 11.3 Å². The summed E-state index contributed by atoms with van der Waals surface area (Å²) in [5.74, 6) is 0.0306. The molecule has 1 saturated heterocycles. The van der Waals surface area contributed by atoms with E-state index in [0.717, 1.165) is 0 Å². The monoisotopic (exact) mass is 365 g/mol. The van der Waals surface area contributed by atoms with Crippen LogP contribution in [0.1, 0.15) is 6.42 Å². The first-order valence-electron chi connectivity index (χ1n) is 7.90. The number of hydrogen-bond donors (Lipinski definition) is 1. The Balaban J connectivity index is 1.72. The summed E-state index contributed by atoms with van der Waals surface area (Å²) in [4.78, 5) is 6.94. The highest BCUT2D eigenvalue weighted by atomic mass is 32.1. The van der Waals surface area contributed by atoms with Crippen molar-refractivity contribution in [3.05, 3.63) is 30.2 Å². The van der Waals surface area contributed by atoms with Crippen molar-refractivity contribution in [1.29, 1.82) is 0 Å². The predicted octanol–water partition coefficient (Wildman–Crippen LogP) is 2.48. The summed E-state index contributed by atoms with van der Waals surface area (Å²) >= 11 is 1.38. The molecule has 1 fully saturated rings. The van der Waals surface area contributed by atoms with Crippen LogP contribution in [0.3, 0.4) is 0 Å². The van der Waals surface area contributed by atoms with E-state index in [2.05, 4.69) is 10.1 Å². The number of aromatic nitrogens is 3. The van der Waals surface area contributed by atoms with E-state index in [-0.39, 0.29) is 12.4 Å². The molecule has 1 aliphatic heterocycles. The van der Waals surface area contributed by atoms with Gasteiger partial charge < -0.3 is 15.4 Å². The molecule has 3 heterocycles. The summed E-state index contributed by atoms with van der Waals surface area (Å²) in [6, 6.07) is 3.90. The number of rotatable bonds is 3. The summed E-state index contributed by atoms with van der Waals surface area (Å²) < 4.78 is 34.3. The van der Waals surface area contributed by atoms with Crippen LogP contribution in [-0.2, 0) is 0 Å². The van der Waals surface area contributed by atoms with Crippen LogP contribution in [0.25, 0.3) is 16.2 Å². The van der Waals surface area contributed by atoms with E-state index >= 15 is 0 Å². The molecule has 0 aliphatic carbocycles. The number of methoxy groups -OCH3 is 1. The van der Waals surface area contributed by atoms with Gasteiger partial charge in [-0.3, -0.25) is 0 Å². The molecule has 1 aliphatic rings. The van der Waals surface area contributed by atoms with E-state index in [1.807, 2.05) is 4.90 Å². The molecule has 0 spiro atoms. The Morgan fingerprint density at radius 1 is 1.40 bits per heavy atom. The van der Waals surface area contributed by atoms with Gasteiger partial charge in [-0.2, -0.15) is 0 Å². The van der Waals surface area contributed by atoms with Crippen LogP contribution >= 0.6 is 11.3 Å². The van der Waals surface area contributed by atoms with Gasteiger partial charge in [0.25, 0.3) is 0 Å². The van der Waals surface area contributed by atoms with Crippen molar-refractivity contribution in [3.8, 4) is 17.0 Å². The predicted molar refractivity (Wildman–Crippen MR) is 92.5 cm³/mol. The van der Waals surface area contributed by atoms with Crippen molar-refractivity contribution >= 4 is 21.4 Å². The molecule has 2 aromatic heterocycles. The molecule has 132 valence electrons. The summed E-state index contributed by atoms with van der Waals surface area (Å²) in [7, 11) is 1.49. The summed E-state index contributed by atoms with van der Waals surface area (Å²) in [5.41, 5.74) is 7.12. The fraction of sp³-hybridized carbons (Fsp3) is 0.375. The molecule has 2 N–H and O–H groups in total. The average Bonchev–Trinajstić information content (AvgIpc) is 3.18. The molecule has 2 atom stereocenters. The van der Waals surface area contributed by atoms with Gasteiger partial charge in [0.15, 0.2) is 0 Å². The van der Waals surface area contributed by atoms with E-state index < -0.39 is 12.2 Å². The Hall–Kier alpha value is -2.26. The van der Waals surface area contributed by atoms with Gasteiger partial charge in [-0.25, -0.2) is 18.3 Å². The topological polar surface area (TPSA) is 68.7 Å². The third-order valence-electron chi connectivity index (χ3n) is 4.38. The Bertz CT molecular complexity index is 911. The molecule has 0 saturated carbocycles. The van der Waals surface area contributed by atoms with E-state index in [0.29, 0.717) is 40.1 Å². The maximum Gasteiger partial charge on any atom is 0.214 e. The molecule has 1 aromatic carbocycles. The highest BCUT2D eigenvalue weighted by molar-refractivity contribution is 7.20. The van der Waals surface area contributed by atoms with E-state index in [1.165, 1.54) is 30.6 Å². The smallest absolute Gasteiger partial charge is 0.214 e. The lowest BCUT2D eigenvalue weighted by Gasteiger charge is -2.32. The van der Waals surface area contributed by atoms with Crippen molar-refractivity contribution in [1.82, 2.24) is 14.6 Å². The number of alkyl halides is 1. The second-order valence-corrected chi connectivity index (χ2v) is 6.92. The summed E-state index contributed by atoms with van der Waals surface area (Å²) in [6.45, 7) is 0.889. The number of fused-ring (bicyclic) bond motifs is 1. The number of imidazole rings is 1. The highest BCUT2D eigenvalue weighted by Crippen LogP contribution is 2.34. The minimum absolute atomic E-state index is 0.229. The largest absolute Gasteiger partial charge is 0.496 e. The Morgan fingerprint density at radius 2 is 2.24 bits per heavy atom. The van der Waals surface area contributed by atoms with Crippen LogP contribution in [-0.4, -0.2) is 47.0 Å². The number of hydrogen-bond acceptors (Lipinski definition) is 6. The highest BCUT2D eigenvalue weighted by Gasteiger charge is 2.28. The van der Waals surface area contributed by atoms with Crippen LogP contribution in [0.4, 0.5) is 13.9 Å². The van der Waals surface area contributed by atoms with Crippen LogP contribution in [0.2, 0.25) is 0 Å². The number of halogens is 2. The maximum absolute atomic E-state index is 13.9. The second kappa shape index (κ2) is 6.23.